The Hall–Kier alpha value is -1.27. The highest BCUT2D eigenvalue weighted by molar-refractivity contribution is 7.92. The minimum Gasteiger partial charge on any atom is -0.341 e. The quantitative estimate of drug-likeness (QED) is 0.831. The normalized spacial score (nSPS) is 16.4. The van der Waals surface area contributed by atoms with Gasteiger partial charge in [-0.3, -0.25) is 9.10 Å². The van der Waals surface area contributed by atoms with Gasteiger partial charge in [0.15, 0.2) is 0 Å². The molecule has 1 heterocycles. The van der Waals surface area contributed by atoms with E-state index in [4.69, 9.17) is 11.6 Å². The number of sulfonamides is 1. The Bertz CT molecular complexity index is 683. The zero-order chi connectivity index (χ0) is 17.2. The molecule has 0 radical (unpaired) electrons. The molecule has 1 amide bonds. The predicted molar refractivity (Wildman–Crippen MR) is 93.4 cm³/mol. The first-order chi connectivity index (χ1) is 10.7. The summed E-state index contributed by atoms with van der Waals surface area (Å²) in [6.07, 6.45) is 3.03. The summed E-state index contributed by atoms with van der Waals surface area (Å²) < 4.78 is 25.5. The van der Waals surface area contributed by atoms with Crippen molar-refractivity contribution in [2.24, 2.45) is 5.92 Å². The van der Waals surface area contributed by atoms with E-state index in [0.717, 1.165) is 29.0 Å². The van der Waals surface area contributed by atoms with E-state index >= 15 is 0 Å². The summed E-state index contributed by atoms with van der Waals surface area (Å²) in [7, 11) is -3.57. The Kier molecular flexibility index (Phi) is 5.57. The lowest BCUT2D eigenvalue weighted by molar-refractivity contribution is -0.130. The molecule has 23 heavy (non-hydrogen) atoms. The molecule has 0 aliphatic carbocycles. The van der Waals surface area contributed by atoms with Crippen LogP contribution in [-0.2, 0) is 14.8 Å². The van der Waals surface area contributed by atoms with Crippen molar-refractivity contribution in [1.29, 1.82) is 0 Å². The highest BCUT2D eigenvalue weighted by atomic mass is 35.5. The number of anilines is 1. The zero-order valence-electron chi connectivity index (χ0n) is 13.8. The summed E-state index contributed by atoms with van der Waals surface area (Å²) in [5, 5.41) is 0.443. The van der Waals surface area contributed by atoms with Crippen molar-refractivity contribution in [2.45, 2.75) is 26.7 Å². The monoisotopic (exact) mass is 358 g/mol. The molecule has 1 aromatic carbocycles. The van der Waals surface area contributed by atoms with E-state index in [1.165, 1.54) is 0 Å². The maximum Gasteiger partial charge on any atom is 0.243 e. The van der Waals surface area contributed by atoms with E-state index in [1.54, 1.807) is 30.0 Å². The van der Waals surface area contributed by atoms with Crippen molar-refractivity contribution < 1.29 is 13.2 Å². The third-order valence-electron chi connectivity index (χ3n) is 4.26. The molecule has 0 spiro atoms. The largest absolute Gasteiger partial charge is 0.341 e. The third-order valence-corrected chi connectivity index (χ3v) is 5.62. The molecule has 0 atom stereocenters. The van der Waals surface area contributed by atoms with Crippen LogP contribution in [0.5, 0.6) is 0 Å². The van der Waals surface area contributed by atoms with Crippen LogP contribution < -0.4 is 4.31 Å². The Labute approximate surface area is 143 Å². The van der Waals surface area contributed by atoms with Gasteiger partial charge in [0.2, 0.25) is 15.9 Å². The number of piperidine rings is 1. The molecular formula is C16H23ClN2O3S. The highest BCUT2D eigenvalue weighted by Gasteiger charge is 2.27. The molecule has 1 aromatic rings. The van der Waals surface area contributed by atoms with Crippen LogP contribution in [0.15, 0.2) is 18.2 Å². The molecule has 0 unspecified atom stereocenters. The molecule has 5 nitrogen and oxygen atoms in total. The minimum atomic E-state index is -3.57. The van der Waals surface area contributed by atoms with E-state index in [1.807, 2.05) is 0 Å². The van der Waals surface area contributed by atoms with E-state index in [-0.39, 0.29) is 12.5 Å². The fourth-order valence-corrected chi connectivity index (χ4v) is 3.78. The van der Waals surface area contributed by atoms with Crippen molar-refractivity contribution in [2.75, 3.05) is 30.2 Å². The topological polar surface area (TPSA) is 57.7 Å². The Morgan fingerprint density at radius 1 is 1.35 bits per heavy atom. The Morgan fingerprint density at radius 2 is 1.96 bits per heavy atom. The molecular weight excluding hydrogens is 336 g/mol. The van der Waals surface area contributed by atoms with Gasteiger partial charge in [-0.2, -0.15) is 0 Å². The highest BCUT2D eigenvalue weighted by Crippen LogP contribution is 2.26. The van der Waals surface area contributed by atoms with Gasteiger partial charge >= 0.3 is 0 Å². The number of hydrogen-bond donors (Lipinski definition) is 0. The number of carbonyl (C=O) groups is 1. The van der Waals surface area contributed by atoms with Crippen LogP contribution in [0.2, 0.25) is 5.02 Å². The number of hydrogen-bond acceptors (Lipinski definition) is 3. The van der Waals surface area contributed by atoms with Crippen LogP contribution in [0.3, 0.4) is 0 Å². The van der Waals surface area contributed by atoms with Gasteiger partial charge in [0.1, 0.15) is 6.54 Å². The smallest absolute Gasteiger partial charge is 0.243 e. The van der Waals surface area contributed by atoms with Crippen molar-refractivity contribution >= 4 is 33.2 Å². The zero-order valence-corrected chi connectivity index (χ0v) is 15.3. The van der Waals surface area contributed by atoms with Crippen molar-refractivity contribution in [3.8, 4) is 0 Å². The molecule has 1 saturated heterocycles. The SMILES string of the molecule is Cc1ccc(Cl)cc1N(CC(=O)N1CCC(C)CC1)S(C)(=O)=O. The summed E-state index contributed by atoms with van der Waals surface area (Å²) in [6, 6.07) is 5.04. The second-order valence-electron chi connectivity index (χ2n) is 6.26. The van der Waals surface area contributed by atoms with Crippen LogP contribution in [0, 0.1) is 12.8 Å². The molecule has 0 bridgehead atoms. The summed E-state index contributed by atoms with van der Waals surface area (Å²) in [4.78, 5) is 14.3. The van der Waals surface area contributed by atoms with E-state index in [2.05, 4.69) is 6.92 Å². The van der Waals surface area contributed by atoms with E-state index in [9.17, 15) is 13.2 Å². The fourth-order valence-electron chi connectivity index (χ4n) is 2.71. The van der Waals surface area contributed by atoms with E-state index in [0.29, 0.717) is 29.7 Å². The number of rotatable bonds is 4. The third kappa shape index (κ3) is 4.61. The average Bonchev–Trinajstić information content (AvgIpc) is 2.47. The van der Waals surface area contributed by atoms with Crippen LogP contribution in [0.4, 0.5) is 5.69 Å². The summed E-state index contributed by atoms with van der Waals surface area (Å²) in [5.74, 6) is 0.446. The summed E-state index contributed by atoms with van der Waals surface area (Å²) in [6.45, 7) is 5.16. The molecule has 0 N–H and O–H groups in total. The van der Waals surface area contributed by atoms with Crippen molar-refractivity contribution in [3.63, 3.8) is 0 Å². The van der Waals surface area contributed by atoms with Crippen molar-refractivity contribution in [3.05, 3.63) is 28.8 Å². The molecule has 1 aliphatic heterocycles. The lowest BCUT2D eigenvalue weighted by Crippen LogP contribution is -2.45. The fraction of sp³-hybridized carbons (Fsp3) is 0.562. The van der Waals surface area contributed by atoms with Crippen LogP contribution in [-0.4, -0.2) is 45.1 Å². The summed E-state index contributed by atoms with van der Waals surface area (Å²) in [5.41, 5.74) is 1.22. The van der Waals surface area contributed by atoms with Crippen LogP contribution in [0.25, 0.3) is 0 Å². The Balaban J connectivity index is 2.23. The molecule has 1 fully saturated rings. The average molecular weight is 359 g/mol. The first-order valence-electron chi connectivity index (χ1n) is 7.70. The number of aryl methyl sites for hydroxylation is 1. The molecule has 7 heteroatoms. The molecule has 1 aliphatic rings. The van der Waals surface area contributed by atoms with Gasteiger partial charge < -0.3 is 4.90 Å². The first-order valence-corrected chi connectivity index (χ1v) is 9.92. The second-order valence-corrected chi connectivity index (χ2v) is 8.61. The van der Waals surface area contributed by atoms with Gasteiger partial charge in [-0.1, -0.05) is 24.6 Å². The minimum absolute atomic E-state index is 0.165. The standard InChI is InChI=1S/C16H23ClN2O3S/c1-12-6-8-18(9-7-12)16(20)11-19(23(3,21)22)15-10-14(17)5-4-13(15)2/h4-5,10,12H,6-9,11H2,1-3H3. The van der Waals surface area contributed by atoms with Crippen LogP contribution in [0.1, 0.15) is 25.3 Å². The number of nitrogens with zero attached hydrogens (tertiary/aromatic N) is 2. The van der Waals surface area contributed by atoms with Gasteiger partial charge in [0.05, 0.1) is 11.9 Å². The van der Waals surface area contributed by atoms with Crippen LogP contribution >= 0.6 is 11.6 Å². The Morgan fingerprint density at radius 3 is 2.52 bits per heavy atom. The molecule has 2 rings (SSSR count). The van der Waals surface area contributed by atoms with Gasteiger partial charge in [-0.25, -0.2) is 8.42 Å². The van der Waals surface area contributed by atoms with Gasteiger partial charge in [-0.15, -0.1) is 0 Å². The number of likely N-dealkylation sites (tertiary alicyclic amines) is 1. The van der Waals surface area contributed by atoms with Gasteiger partial charge in [-0.05, 0) is 43.4 Å². The van der Waals surface area contributed by atoms with Crippen molar-refractivity contribution in [1.82, 2.24) is 4.90 Å². The second kappa shape index (κ2) is 7.09. The maximum absolute atomic E-state index is 12.5. The molecule has 128 valence electrons. The summed E-state index contributed by atoms with van der Waals surface area (Å²) >= 11 is 6.00. The lowest BCUT2D eigenvalue weighted by atomic mass is 9.99. The number of benzene rings is 1. The number of carbonyl (C=O) groups excluding carboxylic acids is 1. The molecule has 0 saturated carbocycles. The first kappa shape index (κ1) is 18.1. The maximum atomic E-state index is 12.5. The van der Waals surface area contributed by atoms with Gasteiger partial charge in [0, 0.05) is 18.1 Å². The molecule has 0 aromatic heterocycles. The number of amides is 1. The lowest BCUT2D eigenvalue weighted by Gasteiger charge is -2.32. The van der Waals surface area contributed by atoms with Gasteiger partial charge in [0.25, 0.3) is 0 Å². The number of halogens is 1. The predicted octanol–water partition coefficient (Wildman–Crippen LogP) is 2.67. The van der Waals surface area contributed by atoms with E-state index < -0.39 is 10.0 Å².